The summed E-state index contributed by atoms with van der Waals surface area (Å²) in [6.07, 6.45) is 0. The van der Waals surface area contributed by atoms with Crippen LogP contribution >= 0.6 is 23.1 Å². The number of anilines is 2. The predicted molar refractivity (Wildman–Crippen MR) is 145 cm³/mol. The van der Waals surface area contributed by atoms with Crippen LogP contribution in [-0.2, 0) is 4.79 Å². The molecule has 0 radical (unpaired) electrons. The van der Waals surface area contributed by atoms with Gasteiger partial charge in [-0.15, -0.1) is 11.3 Å². The summed E-state index contributed by atoms with van der Waals surface area (Å²) in [5.41, 5.74) is 5.66. The number of nitrogens with one attached hydrogen (secondary N) is 2. The van der Waals surface area contributed by atoms with E-state index in [4.69, 9.17) is 0 Å². The number of nitro groups is 1. The summed E-state index contributed by atoms with van der Waals surface area (Å²) in [7, 11) is 0. The third-order valence-corrected chi connectivity index (χ3v) is 7.75. The maximum absolute atomic E-state index is 12.8. The average Bonchev–Trinajstić information content (AvgIpc) is 3.22. The van der Waals surface area contributed by atoms with Crippen LogP contribution in [0.3, 0.4) is 0 Å². The van der Waals surface area contributed by atoms with Crippen molar-refractivity contribution in [3.63, 3.8) is 0 Å². The van der Waals surface area contributed by atoms with Crippen molar-refractivity contribution in [2.75, 3.05) is 10.6 Å². The van der Waals surface area contributed by atoms with Crippen molar-refractivity contribution in [2.45, 2.75) is 37.3 Å². The van der Waals surface area contributed by atoms with Crippen molar-refractivity contribution < 1.29 is 14.5 Å². The quantitative estimate of drug-likeness (QED) is 0.163. The highest BCUT2D eigenvalue weighted by molar-refractivity contribution is 8.02. The van der Waals surface area contributed by atoms with Crippen LogP contribution < -0.4 is 10.6 Å². The number of nitro benzene ring substituents is 1. The summed E-state index contributed by atoms with van der Waals surface area (Å²) in [6, 6.07) is 14.9. The molecule has 2 amide bonds. The summed E-state index contributed by atoms with van der Waals surface area (Å²) >= 11 is 2.83. The van der Waals surface area contributed by atoms with Gasteiger partial charge in [-0.25, -0.2) is 4.98 Å². The molecule has 36 heavy (non-hydrogen) atoms. The van der Waals surface area contributed by atoms with E-state index in [-0.39, 0.29) is 22.8 Å². The number of thiazole rings is 1. The fourth-order valence-electron chi connectivity index (χ4n) is 3.78. The van der Waals surface area contributed by atoms with Gasteiger partial charge in [0.05, 0.1) is 20.4 Å². The van der Waals surface area contributed by atoms with Gasteiger partial charge >= 0.3 is 0 Å². The Kier molecular flexibility index (Phi) is 7.37. The van der Waals surface area contributed by atoms with Crippen LogP contribution in [0.15, 0.2) is 58.9 Å². The molecule has 3 aromatic carbocycles. The Balaban J connectivity index is 1.43. The first-order valence-electron chi connectivity index (χ1n) is 11.1. The second-order valence-electron chi connectivity index (χ2n) is 8.44. The number of amides is 2. The van der Waals surface area contributed by atoms with Gasteiger partial charge in [0, 0.05) is 29.1 Å². The molecule has 1 heterocycles. The van der Waals surface area contributed by atoms with Crippen molar-refractivity contribution >= 4 is 62.2 Å². The molecule has 0 spiro atoms. The lowest BCUT2D eigenvalue weighted by Crippen LogP contribution is -2.23. The zero-order chi connectivity index (χ0) is 26.0. The van der Waals surface area contributed by atoms with Gasteiger partial charge in [0.25, 0.3) is 11.6 Å². The summed E-state index contributed by atoms with van der Waals surface area (Å²) in [6.45, 7) is 7.85. The lowest BCUT2D eigenvalue weighted by molar-refractivity contribution is -0.384. The second-order valence-corrected chi connectivity index (χ2v) is 11.1. The van der Waals surface area contributed by atoms with E-state index in [9.17, 15) is 19.7 Å². The van der Waals surface area contributed by atoms with Gasteiger partial charge in [-0.05, 0) is 69.2 Å². The van der Waals surface area contributed by atoms with Gasteiger partial charge in [-0.1, -0.05) is 29.5 Å². The van der Waals surface area contributed by atoms with Crippen molar-refractivity contribution in [2.24, 2.45) is 0 Å². The van der Waals surface area contributed by atoms with E-state index in [1.54, 1.807) is 6.07 Å². The van der Waals surface area contributed by atoms with E-state index >= 15 is 0 Å². The average molecular weight is 521 g/mol. The first-order valence-corrected chi connectivity index (χ1v) is 12.8. The van der Waals surface area contributed by atoms with E-state index in [0.29, 0.717) is 11.3 Å². The number of non-ortho nitro benzene ring substituents is 1. The molecule has 10 heteroatoms. The minimum Gasteiger partial charge on any atom is -0.325 e. The lowest BCUT2D eigenvalue weighted by Gasteiger charge is -2.15. The molecular weight excluding hydrogens is 496 g/mol. The van der Waals surface area contributed by atoms with E-state index in [2.05, 4.69) is 15.6 Å². The Morgan fingerprint density at radius 1 is 1.00 bits per heavy atom. The van der Waals surface area contributed by atoms with E-state index in [1.165, 1.54) is 47.4 Å². The van der Waals surface area contributed by atoms with E-state index in [0.717, 1.165) is 36.9 Å². The van der Waals surface area contributed by atoms with Crippen molar-refractivity contribution in [1.82, 2.24) is 4.98 Å². The fraction of sp³-hybridized carbons (Fsp3) is 0.192. The van der Waals surface area contributed by atoms with E-state index < -0.39 is 4.92 Å². The van der Waals surface area contributed by atoms with Crippen LogP contribution in [0.1, 0.15) is 34.0 Å². The van der Waals surface area contributed by atoms with Crippen molar-refractivity contribution in [1.29, 1.82) is 0 Å². The van der Waals surface area contributed by atoms with Crippen LogP contribution in [0, 0.1) is 30.9 Å². The third-order valence-electron chi connectivity index (χ3n) is 5.54. The lowest BCUT2D eigenvalue weighted by atomic mass is 10.1. The monoisotopic (exact) mass is 520 g/mol. The predicted octanol–water partition coefficient (Wildman–Crippen LogP) is 6.50. The highest BCUT2D eigenvalue weighted by Gasteiger charge is 2.19. The first-order chi connectivity index (χ1) is 17.1. The number of hydrogen-bond acceptors (Lipinski definition) is 7. The Hall–Kier alpha value is -3.76. The number of carbonyl (C=O) groups is 2. The number of rotatable bonds is 7. The summed E-state index contributed by atoms with van der Waals surface area (Å²) in [5, 5.41) is 16.3. The Bertz CT molecular complexity index is 1460. The smallest absolute Gasteiger partial charge is 0.269 e. The standard InChI is InChI=1S/C26H24N4O4S2/c1-14-11-15(2)23(16(3)12-14)29-24(31)17(4)35-26-28-21-10-7-19(13-22(21)36-26)27-25(32)18-5-8-20(9-6-18)30(33)34/h5-13,17H,1-4H3,(H,27,32)(H,29,31)/t17-/m0/s1. The summed E-state index contributed by atoms with van der Waals surface area (Å²) < 4.78 is 1.63. The number of benzene rings is 3. The van der Waals surface area contributed by atoms with Gasteiger partial charge in [-0.3, -0.25) is 19.7 Å². The van der Waals surface area contributed by atoms with Gasteiger partial charge in [-0.2, -0.15) is 0 Å². The molecule has 0 aliphatic carbocycles. The molecule has 0 saturated carbocycles. The fourth-order valence-corrected chi connectivity index (χ4v) is 6.03. The first kappa shape index (κ1) is 25.3. The normalized spacial score (nSPS) is 11.8. The summed E-state index contributed by atoms with van der Waals surface area (Å²) in [5.74, 6) is -0.458. The number of thioether (sulfide) groups is 1. The SMILES string of the molecule is Cc1cc(C)c(NC(=O)[C@H](C)Sc2nc3ccc(NC(=O)c4ccc([N+](=O)[O-])cc4)cc3s2)c(C)c1. The second kappa shape index (κ2) is 10.5. The topological polar surface area (TPSA) is 114 Å². The van der Waals surface area contributed by atoms with Gasteiger partial charge in [0.2, 0.25) is 5.91 Å². The Labute approximate surface area is 216 Å². The third kappa shape index (κ3) is 5.72. The molecular formula is C26H24N4O4S2. The molecule has 4 aromatic rings. The highest BCUT2D eigenvalue weighted by atomic mass is 32.2. The number of aromatic nitrogens is 1. The maximum Gasteiger partial charge on any atom is 0.269 e. The maximum atomic E-state index is 12.8. The minimum atomic E-state index is -0.510. The number of fused-ring (bicyclic) bond motifs is 1. The molecule has 0 unspecified atom stereocenters. The number of nitrogens with zero attached hydrogens (tertiary/aromatic N) is 2. The minimum absolute atomic E-state index is 0.0743. The number of carbonyl (C=O) groups excluding carboxylic acids is 2. The molecule has 0 fully saturated rings. The van der Waals surface area contributed by atoms with Crippen LogP contribution in [0.4, 0.5) is 17.1 Å². The zero-order valence-electron chi connectivity index (χ0n) is 20.1. The van der Waals surface area contributed by atoms with Crippen LogP contribution in [0.5, 0.6) is 0 Å². The number of hydrogen-bond donors (Lipinski definition) is 2. The highest BCUT2D eigenvalue weighted by Crippen LogP contribution is 2.34. The van der Waals surface area contributed by atoms with Crippen LogP contribution in [0.2, 0.25) is 0 Å². The molecule has 1 atom stereocenters. The molecule has 2 N–H and O–H groups in total. The molecule has 0 aliphatic rings. The van der Waals surface area contributed by atoms with E-state index in [1.807, 2.05) is 52.0 Å². The molecule has 0 bridgehead atoms. The molecule has 4 rings (SSSR count). The van der Waals surface area contributed by atoms with Crippen LogP contribution in [0.25, 0.3) is 10.2 Å². The largest absolute Gasteiger partial charge is 0.325 e. The molecule has 0 saturated heterocycles. The van der Waals surface area contributed by atoms with Gasteiger partial charge < -0.3 is 10.6 Å². The molecule has 0 aliphatic heterocycles. The molecule has 8 nitrogen and oxygen atoms in total. The Morgan fingerprint density at radius 3 is 2.31 bits per heavy atom. The molecule has 184 valence electrons. The zero-order valence-corrected chi connectivity index (χ0v) is 21.8. The Morgan fingerprint density at radius 2 is 1.67 bits per heavy atom. The van der Waals surface area contributed by atoms with Gasteiger partial charge in [0.15, 0.2) is 4.34 Å². The van der Waals surface area contributed by atoms with Gasteiger partial charge in [0.1, 0.15) is 0 Å². The van der Waals surface area contributed by atoms with Crippen molar-refractivity contribution in [3.05, 3.63) is 87.0 Å². The number of aryl methyl sites for hydroxylation is 3. The van der Waals surface area contributed by atoms with Crippen LogP contribution in [-0.4, -0.2) is 27.0 Å². The summed E-state index contributed by atoms with van der Waals surface area (Å²) in [4.78, 5) is 40.3. The molecule has 1 aromatic heterocycles. The van der Waals surface area contributed by atoms with Crippen molar-refractivity contribution in [3.8, 4) is 0 Å².